The third-order valence-electron chi connectivity index (χ3n) is 4.84. The molecule has 0 aromatic carbocycles. The lowest BCUT2D eigenvalue weighted by molar-refractivity contribution is 0.0373. The first-order chi connectivity index (χ1) is 13.0. The predicted octanol–water partition coefficient (Wildman–Crippen LogP) is 2.05. The normalized spacial score (nSPS) is 16.1. The average Bonchev–Trinajstić information content (AvgIpc) is 3.02. The smallest absolute Gasteiger partial charge is 0.193 e. The van der Waals surface area contributed by atoms with E-state index in [4.69, 9.17) is 9.73 Å². The van der Waals surface area contributed by atoms with Crippen molar-refractivity contribution in [2.24, 2.45) is 12.0 Å². The molecular weight excluding hydrogens is 340 g/mol. The molecule has 0 unspecified atom stereocenters. The number of ether oxygens (including phenoxy) is 1. The molecule has 1 aliphatic rings. The highest BCUT2D eigenvalue weighted by Crippen LogP contribution is 2.18. The fourth-order valence-corrected chi connectivity index (χ4v) is 3.42. The minimum Gasteiger partial charge on any atom is -0.379 e. The van der Waals surface area contributed by atoms with Gasteiger partial charge in [0.1, 0.15) is 0 Å². The van der Waals surface area contributed by atoms with Crippen LogP contribution in [0.4, 0.5) is 0 Å². The highest BCUT2D eigenvalue weighted by atomic mass is 16.5. The van der Waals surface area contributed by atoms with Crippen LogP contribution in [0.3, 0.4) is 0 Å². The Kier molecular flexibility index (Phi) is 9.07. The molecule has 27 heavy (non-hydrogen) atoms. The molecule has 154 valence electrons. The number of nitrogens with zero attached hydrogens (tertiary/aromatic N) is 5. The Balaban J connectivity index is 1.84. The van der Waals surface area contributed by atoms with Crippen molar-refractivity contribution < 1.29 is 4.74 Å². The molecule has 2 heterocycles. The second-order valence-electron chi connectivity index (χ2n) is 7.62. The molecule has 2 rings (SSSR count). The predicted molar refractivity (Wildman–Crippen MR) is 111 cm³/mol. The Bertz CT molecular complexity index is 577. The number of nitrogens with one attached hydrogen (secondary N) is 1. The molecule has 7 nitrogen and oxygen atoms in total. The van der Waals surface area contributed by atoms with Crippen LogP contribution in [-0.4, -0.2) is 78.5 Å². The Labute approximate surface area is 164 Å². The number of aromatic nitrogens is 2. The first kappa shape index (κ1) is 21.7. The second-order valence-corrected chi connectivity index (χ2v) is 7.62. The summed E-state index contributed by atoms with van der Waals surface area (Å²) < 4.78 is 7.31. The molecule has 7 heteroatoms. The number of guanidine groups is 1. The molecule has 0 bridgehead atoms. The van der Waals surface area contributed by atoms with Gasteiger partial charge < -0.3 is 15.0 Å². The minimum absolute atomic E-state index is 0.425. The highest BCUT2D eigenvalue weighted by Gasteiger charge is 2.15. The van der Waals surface area contributed by atoms with Crippen LogP contribution in [0, 0.1) is 0 Å². The van der Waals surface area contributed by atoms with E-state index in [9.17, 15) is 0 Å². The lowest BCUT2D eigenvalue weighted by Crippen LogP contribution is -2.38. The van der Waals surface area contributed by atoms with Crippen molar-refractivity contribution in [2.75, 3.05) is 53.0 Å². The summed E-state index contributed by atoms with van der Waals surface area (Å²) in [6.45, 7) is 14.1. The minimum atomic E-state index is 0.425. The zero-order chi connectivity index (χ0) is 19.6. The van der Waals surface area contributed by atoms with Crippen molar-refractivity contribution >= 4 is 5.96 Å². The molecule has 1 fully saturated rings. The van der Waals surface area contributed by atoms with Gasteiger partial charge in [0.25, 0.3) is 0 Å². The molecule has 1 N–H and O–H groups in total. The number of morpholine rings is 1. The van der Waals surface area contributed by atoms with Gasteiger partial charge in [-0.25, -0.2) is 0 Å². The first-order valence-electron chi connectivity index (χ1n) is 10.3. The molecule has 1 saturated heterocycles. The molecule has 0 spiro atoms. The van der Waals surface area contributed by atoms with Gasteiger partial charge in [-0.05, 0) is 32.2 Å². The van der Waals surface area contributed by atoms with Crippen LogP contribution >= 0.6 is 0 Å². The summed E-state index contributed by atoms with van der Waals surface area (Å²) >= 11 is 0. The van der Waals surface area contributed by atoms with Crippen LogP contribution in [0.15, 0.2) is 11.2 Å². The summed E-state index contributed by atoms with van der Waals surface area (Å²) in [5.74, 6) is 1.40. The topological polar surface area (TPSA) is 57.9 Å². The Morgan fingerprint density at radius 2 is 2.07 bits per heavy atom. The van der Waals surface area contributed by atoms with Gasteiger partial charge >= 0.3 is 0 Å². The van der Waals surface area contributed by atoms with E-state index in [-0.39, 0.29) is 0 Å². The maximum atomic E-state index is 5.40. The highest BCUT2D eigenvalue weighted by molar-refractivity contribution is 5.79. The molecule has 1 aromatic heterocycles. The largest absolute Gasteiger partial charge is 0.379 e. The third kappa shape index (κ3) is 7.14. The van der Waals surface area contributed by atoms with Crippen molar-refractivity contribution in [2.45, 2.75) is 46.1 Å². The Morgan fingerprint density at radius 1 is 1.33 bits per heavy atom. The summed E-state index contributed by atoms with van der Waals surface area (Å²) in [5.41, 5.74) is 2.44. The van der Waals surface area contributed by atoms with Crippen molar-refractivity contribution in [3.63, 3.8) is 0 Å². The van der Waals surface area contributed by atoms with E-state index in [2.05, 4.69) is 54.2 Å². The molecule has 0 radical (unpaired) electrons. The van der Waals surface area contributed by atoms with Crippen LogP contribution in [0.2, 0.25) is 0 Å². The van der Waals surface area contributed by atoms with Crippen LogP contribution in [0.5, 0.6) is 0 Å². The van der Waals surface area contributed by atoms with Crippen molar-refractivity contribution in [1.82, 2.24) is 24.9 Å². The molecule has 0 saturated carbocycles. The average molecular weight is 379 g/mol. The zero-order valence-electron chi connectivity index (χ0n) is 17.9. The van der Waals surface area contributed by atoms with Gasteiger partial charge in [-0.3, -0.25) is 14.6 Å². The fourth-order valence-electron chi connectivity index (χ4n) is 3.42. The number of aliphatic imine (C=N–C) groups is 1. The summed E-state index contributed by atoms with van der Waals surface area (Å²) in [5, 5.41) is 8.04. The number of aryl methyl sites for hydroxylation is 1. The maximum absolute atomic E-state index is 5.40. The lowest BCUT2D eigenvalue weighted by atomic mass is 10.1. The van der Waals surface area contributed by atoms with E-state index >= 15 is 0 Å². The van der Waals surface area contributed by atoms with E-state index in [1.54, 1.807) is 0 Å². The molecule has 0 atom stereocenters. The van der Waals surface area contributed by atoms with Gasteiger partial charge in [-0.15, -0.1) is 0 Å². The van der Waals surface area contributed by atoms with Gasteiger partial charge in [0, 0.05) is 58.6 Å². The lowest BCUT2D eigenvalue weighted by Gasteiger charge is -2.26. The SMILES string of the molecule is CCNC(=NCCCCN1CCOCC1)N(C)Cc1cn(C)nc1C(C)C. The van der Waals surface area contributed by atoms with Crippen LogP contribution in [0.25, 0.3) is 0 Å². The van der Waals surface area contributed by atoms with Gasteiger partial charge in [0.2, 0.25) is 0 Å². The van der Waals surface area contributed by atoms with Gasteiger partial charge in [-0.1, -0.05) is 13.8 Å². The third-order valence-corrected chi connectivity index (χ3v) is 4.84. The summed E-state index contributed by atoms with van der Waals surface area (Å²) in [7, 11) is 4.09. The molecule has 0 amide bonds. The van der Waals surface area contributed by atoms with Crippen molar-refractivity contribution in [3.8, 4) is 0 Å². The van der Waals surface area contributed by atoms with E-state index in [0.29, 0.717) is 5.92 Å². The number of hydrogen-bond donors (Lipinski definition) is 1. The molecule has 1 aliphatic heterocycles. The van der Waals surface area contributed by atoms with E-state index < -0.39 is 0 Å². The van der Waals surface area contributed by atoms with Gasteiger partial charge in [-0.2, -0.15) is 5.10 Å². The van der Waals surface area contributed by atoms with Crippen LogP contribution in [-0.2, 0) is 18.3 Å². The Morgan fingerprint density at radius 3 is 2.74 bits per heavy atom. The van der Waals surface area contributed by atoms with Gasteiger partial charge in [0.15, 0.2) is 5.96 Å². The van der Waals surface area contributed by atoms with Crippen molar-refractivity contribution in [1.29, 1.82) is 0 Å². The quantitative estimate of drug-likeness (QED) is 0.405. The van der Waals surface area contributed by atoms with E-state index in [0.717, 1.165) is 64.9 Å². The van der Waals surface area contributed by atoms with E-state index in [1.807, 2.05) is 11.7 Å². The number of hydrogen-bond acceptors (Lipinski definition) is 4. The molecule has 1 aromatic rings. The van der Waals surface area contributed by atoms with E-state index in [1.165, 1.54) is 17.7 Å². The van der Waals surface area contributed by atoms with Crippen LogP contribution in [0.1, 0.15) is 50.8 Å². The molecule has 0 aliphatic carbocycles. The standard InChI is InChI=1S/C20H38N6O/c1-6-21-20(22-9-7-8-10-26-11-13-27-14-12-26)24(4)15-18-16-25(5)23-19(18)17(2)3/h16-17H,6-15H2,1-5H3,(H,21,22). The Hall–Kier alpha value is -1.60. The summed E-state index contributed by atoms with van der Waals surface area (Å²) in [6.07, 6.45) is 4.43. The zero-order valence-corrected chi connectivity index (χ0v) is 17.9. The first-order valence-corrected chi connectivity index (χ1v) is 10.3. The maximum Gasteiger partial charge on any atom is 0.193 e. The van der Waals surface area contributed by atoms with Gasteiger partial charge in [0.05, 0.1) is 18.9 Å². The second kappa shape index (κ2) is 11.3. The monoisotopic (exact) mass is 378 g/mol. The van der Waals surface area contributed by atoms with Crippen molar-refractivity contribution in [3.05, 3.63) is 17.5 Å². The fraction of sp³-hybridized carbons (Fsp3) is 0.800. The number of unbranched alkanes of at least 4 members (excludes halogenated alkanes) is 1. The molecular formula is C20H38N6O. The summed E-state index contributed by atoms with van der Waals surface area (Å²) in [4.78, 5) is 9.52. The summed E-state index contributed by atoms with van der Waals surface area (Å²) in [6, 6.07) is 0. The van der Waals surface area contributed by atoms with Crippen LogP contribution < -0.4 is 5.32 Å². The number of rotatable bonds is 9.